The first-order chi connectivity index (χ1) is 10.5. The summed E-state index contributed by atoms with van der Waals surface area (Å²) in [5.41, 5.74) is 6.94. The Labute approximate surface area is 141 Å². The van der Waals surface area contributed by atoms with E-state index < -0.39 is 4.92 Å². The lowest BCUT2D eigenvalue weighted by atomic mass is 10.3. The molecule has 0 aliphatic heterocycles. The van der Waals surface area contributed by atoms with Crippen LogP contribution in [-0.2, 0) is 0 Å². The number of hydrogen-bond donors (Lipinski definition) is 3. The highest BCUT2D eigenvalue weighted by atomic mass is 35.5. The zero-order chi connectivity index (χ0) is 16.1. The van der Waals surface area contributed by atoms with Crippen molar-refractivity contribution in [1.82, 2.24) is 5.43 Å². The van der Waals surface area contributed by atoms with Crippen molar-refractivity contribution in [2.24, 2.45) is 0 Å². The van der Waals surface area contributed by atoms with E-state index in [1.807, 2.05) is 0 Å². The number of nitrogens with zero attached hydrogens (tertiary/aromatic N) is 1. The third-order valence-corrected chi connectivity index (χ3v) is 3.52. The molecular weight excluding hydrogens is 347 g/mol. The van der Waals surface area contributed by atoms with Crippen LogP contribution in [0.2, 0.25) is 10.0 Å². The molecule has 0 aromatic heterocycles. The molecule has 0 heterocycles. The number of hydrogen-bond acceptors (Lipinski definition) is 4. The fourth-order valence-corrected chi connectivity index (χ4v) is 2.00. The Morgan fingerprint density at radius 3 is 2.27 bits per heavy atom. The Morgan fingerprint density at radius 1 is 1.05 bits per heavy atom. The molecule has 0 fully saturated rings. The molecule has 0 spiro atoms. The number of anilines is 2. The number of halogens is 2. The molecule has 0 atom stereocenters. The second kappa shape index (κ2) is 7.26. The van der Waals surface area contributed by atoms with E-state index >= 15 is 0 Å². The molecule has 2 aromatic rings. The SMILES string of the molecule is O=[N+]([O-])c1ccc(NC(=S)NNc2ccc(Cl)c(Cl)c2)cc1. The Kier molecular flexibility index (Phi) is 5.37. The van der Waals surface area contributed by atoms with Crippen LogP contribution in [0.5, 0.6) is 0 Å². The fraction of sp³-hybridized carbons (Fsp3) is 0. The maximum Gasteiger partial charge on any atom is 0.269 e. The summed E-state index contributed by atoms with van der Waals surface area (Å²) in [4.78, 5) is 10.1. The first-order valence-corrected chi connectivity index (χ1v) is 7.14. The largest absolute Gasteiger partial charge is 0.331 e. The summed E-state index contributed by atoms with van der Waals surface area (Å²) in [6.07, 6.45) is 0. The van der Waals surface area contributed by atoms with Gasteiger partial charge in [-0.2, -0.15) is 0 Å². The highest BCUT2D eigenvalue weighted by Gasteiger charge is 2.05. The number of nitrogens with one attached hydrogen (secondary N) is 3. The van der Waals surface area contributed by atoms with E-state index in [-0.39, 0.29) is 5.69 Å². The van der Waals surface area contributed by atoms with Gasteiger partial charge in [0.15, 0.2) is 5.11 Å². The van der Waals surface area contributed by atoms with Crippen LogP contribution in [0.4, 0.5) is 17.1 Å². The number of nitro groups is 1. The Hall–Kier alpha value is -2.09. The molecule has 2 rings (SSSR count). The van der Waals surface area contributed by atoms with Gasteiger partial charge < -0.3 is 5.32 Å². The maximum atomic E-state index is 10.6. The average Bonchev–Trinajstić information content (AvgIpc) is 2.49. The lowest BCUT2D eigenvalue weighted by Gasteiger charge is -2.12. The van der Waals surface area contributed by atoms with Gasteiger partial charge in [0.2, 0.25) is 0 Å². The van der Waals surface area contributed by atoms with E-state index in [4.69, 9.17) is 35.4 Å². The van der Waals surface area contributed by atoms with E-state index in [2.05, 4.69) is 16.2 Å². The van der Waals surface area contributed by atoms with Gasteiger partial charge in [0, 0.05) is 17.8 Å². The summed E-state index contributed by atoms with van der Waals surface area (Å²) < 4.78 is 0. The van der Waals surface area contributed by atoms with Crippen molar-refractivity contribution < 1.29 is 4.92 Å². The summed E-state index contributed by atoms with van der Waals surface area (Å²) in [5.74, 6) is 0. The highest BCUT2D eigenvalue weighted by molar-refractivity contribution is 7.80. The normalized spacial score (nSPS) is 9.91. The van der Waals surface area contributed by atoms with Crippen molar-refractivity contribution in [3.8, 4) is 0 Å². The molecule has 0 saturated carbocycles. The summed E-state index contributed by atoms with van der Waals surface area (Å²) in [5, 5.41) is 14.6. The topological polar surface area (TPSA) is 79.2 Å². The van der Waals surface area contributed by atoms with Crippen LogP contribution >= 0.6 is 35.4 Å². The fourth-order valence-electron chi connectivity index (χ4n) is 1.53. The lowest BCUT2D eigenvalue weighted by molar-refractivity contribution is -0.384. The van der Waals surface area contributed by atoms with Crippen LogP contribution < -0.4 is 16.2 Å². The summed E-state index contributed by atoms with van der Waals surface area (Å²) >= 11 is 16.8. The van der Waals surface area contributed by atoms with Crippen LogP contribution in [-0.4, -0.2) is 10.0 Å². The van der Waals surface area contributed by atoms with Crippen LogP contribution in [0.1, 0.15) is 0 Å². The second-order valence-corrected chi connectivity index (χ2v) is 5.36. The van der Waals surface area contributed by atoms with E-state index in [1.165, 1.54) is 12.1 Å². The molecule has 9 heteroatoms. The minimum atomic E-state index is -0.466. The van der Waals surface area contributed by atoms with Crippen LogP contribution in [0.25, 0.3) is 0 Å². The van der Waals surface area contributed by atoms with Gasteiger partial charge in [-0.25, -0.2) is 0 Å². The van der Waals surface area contributed by atoms with Gasteiger partial charge in [0.05, 0.1) is 20.7 Å². The molecule has 0 aliphatic rings. The summed E-state index contributed by atoms with van der Waals surface area (Å²) in [6, 6.07) is 10.9. The summed E-state index contributed by atoms with van der Waals surface area (Å²) in [7, 11) is 0. The minimum Gasteiger partial charge on any atom is -0.331 e. The van der Waals surface area contributed by atoms with Crippen LogP contribution in [0, 0.1) is 10.1 Å². The molecule has 2 aromatic carbocycles. The van der Waals surface area contributed by atoms with Gasteiger partial charge in [-0.3, -0.25) is 21.0 Å². The van der Waals surface area contributed by atoms with Crippen molar-refractivity contribution >= 4 is 57.6 Å². The number of rotatable bonds is 4. The number of benzene rings is 2. The molecule has 0 bridgehead atoms. The Balaban J connectivity index is 1.89. The van der Waals surface area contributed by atoms with Crippen molar-refractivity contribution in [1.29, 1.82) is 0 Å². The van der Waals surface area contributed by atoms with Crippen LogP contribution in [0.15, 0.2) is 42.5 Å². The third-order valence-electron chi connectivity index (χ3n) is 2.58. The number of nitro benzene ring substituents is 1. The first-order valence-electron chi connectivity index (χ1n) is 5.98. The zero-order valence-electron chi connectivity index (χ0n) is 11.0. The predicted molar refractivity (Wildman–Crippen MR) is 92.5 cm³/mol. The molecule has 0 unspecified atom stereocenters. The van der Waals surface area contributed by atoms with Gasteiger partial charge in [-0.1, -0.05) is 23.2 Å². The summed E-state index contributed by atoms with van der Waals surface area (Å²) in [6.45, 7) is 0. The zero-order valence-corrected chi connectivity index (χ0v) is 13.3. The van der Waals surface area contributed by atoms with Crippen molar-refractivity contribution in [3.05, 3.63) is 62.6 Å². The van der Waals surface area contributed by atoms with Crippen molar-refractivity contribution in [3.63, 3.8) is 0 Å². The molecule has 22 heavy (non-hydrogen) atoms. The van der Waals surface area contributed by atoms with Gasteiger partial charge in [0.1, 0.15) is 0 Å². The van der Waals surface area contributed by atoms with E-state index in [0.717, 1.165) is 0 Å². The van der Waals surface area contributed by atoms with Gasteiger partial charge >= 0.3 is 0 Å². The van der Waals surface area contributed by atoms with Crippen molar-refractivity contribution in [2.75, 3.05) is 10.7 Å². The lowest BCUT2D eigenvalue weighted by Crippen LogP contribution is -2.33. The number of non-ortho nitro benzene ring substituents is 1. The van der Waals surface area contributed by atoms with Gasteiger partial charge in [-0.05, 0) is 42.5 Å². The molecule has 0 amide bonds. The molecule has 3 N–H and O–H groups in total. The molecule has 0 saturated heterocycles. The van der Waals surface area contributed by atoms with Crippen LogP contribution in [0.3, 0.4) is 0 Å². The monoisotopic (exact) mass is 356 g/mol. The second-order valence-electron chi connectivity index (χ2n) is 4.14. The Morgan fingerprint density at radius 2 is 1.68 bits per heavy atom. The smallest absolute Gasteiger partial charge is 0.269 e. The molecule has 114 valence electrons. The average molecular weight is 357 g/mol. The Bertz CT molecular complexity index is 710. The first kappa shape index (κ1) is 16.3. The maximum absolute atomic E-state index is 10.6. The number of thiocarbonyl (C=S) groups is 1. The molecule has 0 radical (unpaired) electrons. The van der Waals surface area contributed by atoms with E-state index in [0.29, 0.717) is 26.5 Å². The molecule has 0 aliphatic carbocycles. The third kappa shape index (κ3) is 4.45. The van der Waals surface area contributed by atoms with Crippen molar-refractivity contribution in [2.45, 2.75) is 0 Å². The minimum absolute atomic E-state index is 0.0124. The quantitative estimate of drug-likeness (QED) is 0.432. The molecule has 6 nitrogen and oxygen atoms in total. The number of hydrazine groups is 1. The van der Waals surface area contributed by atoms with Gasteiger partial charge in [0.25, 0.3) is 5.69 Å². The van der Waals surface area contributed by atoms with E-state index in [1.54, 1.807) is 30.3 Å². The standard InChI is InChI=1S/C13H10Cl2N4O2S/c14-11-6-3-9(7-12(11)15)17-18-13(22)16-8-1-4-10(5-2-8)19(20)21/h1-7,17H,(H2,16,18,22). The van der Waals surface area contributed by atoms with Gasteiger partial charge in [-0.15, -0.1) is 0 Å². The highest BCUT2D eigenvalue weighted by Crippen LogP contribution is 2.24. The van der Waals surface area contributed by atoms with E-state index in [9.17, 15) is 10.1 Å². The predicted octanol–water partition coefficient (Wildman–Crippen LogP) is 4.22. The molecular formula is C13H10Cl2N4O2S.